The largest absolute Gasteiger partial charge is 0.396 e. The lowest BCUT2D eigenvalue weighted by atomic mass is 9.97. The summed E-state index contributed by atoms with van der Waals surface area (Å²) in [5, 5.41) is 12.0. The summed E-state index contributed by atoms with van der Waals surface area (Å²) < 4.78 is 0. The maximum absolute atomic E-state index is 12.0. The summed E-state index contributed by atoms with van der Waals surface area (Å²) in [5.74, 6) is 2.25. The molecule has 1 N–H and O–H groups in total. The Hall–Kier alpha value is -3.91. The number of thioether (sulfide) groups is 3. The van der Waals surface area contributed by atoms with Gasteiger partial charge in [0.2, 0.25) is 0 Å². The molecule has 3 aliphatic heterocycles. The molecule has 0 amide bonds. The molecule has 69 heavy (non-hydrogen) atoms. The average Bonchev–Trinajstić information content (AvgIpc) is 3.41. The van der Waals surface area contributed by atoms with Gasteiger partial charge in [0, 0.05) is 96.1 Å². The van der Waals surface area contributed by atoms with E-state index in [1.165, 1.54) is 107 Å². The van der Waals surface area contributed by atoms with Crippen LogP contribution >= 0.6 is 106 Å². The first-order valence-electron chi connectivity index (χ1n) is 22.6. The summed E-state index contributed by atoms with van der Waals surface area (Å²) in [5.41, 5.74) is 7.06. The molecule has 0 spiro atoms. The van der Waals surface area contributed by atoms with Crippen LogP contribution in [0.1, 0.15) is 0 Å². The van der Waals surface area contributed by atoms with Gasteiger partial charge in [0.15, 0.2) is 0 Å². The van der Waals surface area contributed by atoms with Crippen LogP contribution in [-0.4, -0.2) is 29.0 Å². The van der Waals surface area contributed by atoms with Gasteiger partial charge in [-0.2, -0.15) is 0 Å². The lowest BCUT2D eigenvalue weighted by Gasteiger charge is -2.32. The van der Waals surface area contributed by atoms with Crippen molar-refractivity contribution in [2.45, 2.75) is 73.4 Å². The van der Waals surface area contributed by atoms with E-state index in [-0.39, 0.29) is 6.61 Å². The van der Waals surface area contributed by atoms with E-state index in [1.54, 1.807) is 0 Å². The van der Waals surface area contributed by atoms with Gasteiger partial charge in [-0.3, -0.25) is 0 Å². The number of hydrogen-bond acceptors (Lipinski definition) is 10. The molecule has 0 saturated carbocycles. The second-order valence-corrected chi connectivity index (χ2v) is 26.3. The van der Waals surface area contributed by atoms with Crippen molar-refractivity contribution in [3.63, 3.8) is 0 Å². The van der Waals surface area contributed by atoms with Gasteiger partial charge >= 0.3 is 0 Å². The van der Waals surface area contributed by atoms with Crippen molar-refractivity contribution in [2.75, 3.05) is 23.9 Å². The molecule has 0 unspecified atom stereocenters. The molecule has 0 bridgehead atoms. The first-order valence-corrected chi connectivity index (χ1v) is 30.5. The molecule has 9 aromatic carbocycles. The van der Waals surface area contributed by atoms with Crippen LogP contribution in [0, 0.1) is 5.41 Å². The van der Waals surface area contributed by atoms with Crippen molar-refractivity contribution in [1.82, 2.24) is 0 Å². The summed E-state index contributed by atoms with van der Waals surface area (Å²) in [7, 11) is 0. The van der Waals surface area contributed by atoms with Crippen LogP contribution in [0.5, 0.6) is 0 Å². The molecule has 0 aliphatic carbocycles. The first kappa shape index (κ1) is 46.2. The zero-order chi connectivity index (χ0) is 46.2. The number of aliphatic hydroxyl groups is 1. The minimum atomic E-state index is -0.452. The fraction of sp³-hybridized carbons (Fsp3) is 0.0847. The Kier molecular flexibility index (Phi) is 13.8. The molecule has 0 aromatic heterocycles. The Bertz CT molecular complexity index is 3040. The molecule has 3 aliphatic rings. The van der Waals surface area contributed by atoms with Gasteiger partial charge in [0.05, 0.1) is 6.61 Å². The van der Waals surface area contributed by atoms with Crippen LogP contribution < -0.4 is 0 Å². The minimum absolute atomic E-state index is 0.0601. The number of aliphatic hydroxyl groups excluding tert-OH is 1. The second kappa shape index (κ2) is 20.7. The van der Waals surface area contributed by atoms with E-state index in [0.717, 1.165) is 17.3 Å². The zero-order valence-corrected chi connectivity index (χ0v) is 44.4. The Balaban J connectivity index is 0.882. The molecule has 9 aromatic rings. The Morgan fingerprint density at radius 1 is 0.275 bits per heavy atom. The predicted octanol–water partition coefficient (Wildman–Crippen LogP) is 19.2. The van der Waals surface area contributed by atoms with Gasteiger partial charge in [0.1, 0.15) is 0 Å². The SMILES string of the molecule is OCC(CSc1ccccc1-c1cccc2c1Sc1ccccc1S2)(CSc1ccccc1-c1cccc2c1Sc1ccccc1S2)CSc1ccccc1-c1cccc2c1Sc1ccccc1S2. The fourth-order valence-corrected chi connectivity index (χ4v) is 20.0. The molecule has 0 radical (unpaired) electrons. The predicted molar refractivity (Wildman–Crippen MR) is 301 cm³/mol. The van der Waals surface area contributed by atoms with Crippen molar-refractivity contribution >= 4 is 106 Å². The quantitative estimate of drug-likeness (QED) is 0.112. The number of benzene rings is 9. The number of fused-ring (bicyclic) bond motifs is 6. The lowest BCUT2D eigenvalue weighted by Crippen LogP contribution is -2.34. The Labute approximate surface area is 443 Å². The van der Waals surface area contributed by atoms with E-state index < -0.39 is 5.41 Å². The summed E-state index contributed by atoms with van der Waals surface area (Å²) in [6.07, 6.45) is 0. The third-order valence-corrected chi connectivity index (χ3v) is 24.4. The topological polar surface area (TPSA) is 20.2 Å². The van der Waals surface area contributed by atoms with E-state index in [1.807, 2.05) is 106 Å². The zero-order valence-electron chi connectivity index (χ0n) is 37.0. The molecular formula is C59H42OS9. The standard InChI is InChI=1S/C59H42OS9/c60-34-59(35-61-44-22-4-1-16-38(44)41-19-13-31-53-56(41)67-50-28-10-7-25-47(50)64-53,36-62-45-23-5-2-17-39(45)42-20-14-32-54-57(42)68-51-29-11-8-26-48(51)65-54)37-63-46-24-6-3-18-40(46)43-21-15-33-55-58(43)69-52-30-12-9-27-49(52)66-55/h1-33,60H,34-37H2. The van der Waals surface area contributed by atoms with E-state index in [4.69, 9.17) is 0 Å². The van der Waals surface area contributed by atoms with Gasteiger partial charge in [0.25, 0.3) is 0 Å². The molecule has 1 nitrogen and oxygen atoms in total. The summed E-state index contributed by atoms with van der Waals surface area (Å²) in [6, 6.07) is 73.1. The van der Waals surface area contributed by atoms with Gasteiger partial charge in [-0.05, 0) is 106 Å². The fourth-order valence-electron chi connectivity index (χ4n) is 8.68. The second-order valence-electron chi connectivity index (χ2n) is 16.9. The van der Waals surface area contributed by atoms with E-state index in [9.17, 15) is 5.11 Å². The monoisotopic (exact) mass is 1050 g/mol. The summed E-state index contributed by atoms with van der Waals surface area (Å²) in [4.78, 5) is 19.4. The molecule has 0 atom stereocenters. The molecular weight excluding hydrogens is 1010 g/mol. The molecule has 12 rings (SSSR count). The van der Waals surface area contributed by atoms with Crippen LogP contribution in [0.4, 0.5) is 0 Å². The molecule has 338 valence electrons. The van der Waals surface area contributed by atoms with Crippen LogP contribution in [0.2, 0.25) is 0 Å². The van der Waals surface area contributed by atoms with E-state index >= 15 is 0 Å². The van der Waals surface area contributed by atoms with Crippen molar-refractivity contribution < 1.29 is 5.11 Å². The molecule has 3 heterocycles. The molecule has 0 fully saturated rings. The van der Waals surface area contributed by atoms with Gasteiger partial charge in [-0.15, -0.1) is 35.3 Å². The highest BCUT2D eigenvalue weighted by Gasteiger charge is 2.33. The van der Waals surface area contributed by atoms with Crippen molar-refractivity contribution in [1.29, 1.82) is 0 Å². The summed E-state index contributed by atoms with van der Waals surface area (Å²) >= 11 is 16.9. The van der Waals surface area contributed by atoms with Crippen molar-refractivity contribution in [2.24, 2.45) is 5.41 Å². The lowest BCUT2D eigenvalue weighted by molar-refractivity contribution is 0.188. The third kappa shape index (κ3) is 9.52. The van der Waals surface area contributed by atoms with E-state index in [0.29, 0.717) is 0 Å². The van der Waals surface area contributed by atoms with Crippen LogP contribution in [0.3, 0.4) is 0 Å². The van der Waals surface area contributed by atoms with Gasteiger partial charge in [-0.1, -0.05) is 198 Å². The highest BCUT2D eigenvalue weighted by Crippen LogP contribution is 2.56. The van der Waals surface area contributed by atoms with Gasteiger partial charge < -0.3 is 5.11 Å². The van der Waals surface area contributed by atoms with Crippen LogP contribution in [0.25, 0.3) is 33.4 Å². The maximum Gasteiger partial charge on any atom is 0.0511 e. The smallest absolute Gasteiger partial charge is 0.0511 e. The molecule has 10 heteroatoms. The van der Waals surface area contributed by atoms with Crippen molar-refractivity contribution in [3.05, 3.63) is 200 Å². The number of hydrogen-bond donors (Lipinski definition) is 1. The summed E-state index contributed by atoms with van der Waals surface area (Å²) in [6.45, 7) is 0.0601. The average molecular weight is 1060 g/mol. The molecule has 0 saturated heterocycles. The third-order valence-electron chi connectivity index (χ3n) is 12.2. The maximum atomic E-state index is 12.0. The van der Waals surface area contributed by atoms with Crippen molar-refractivity contribution in [3.8, 4) is 33.4 Å². The van der Waals surface area contributed by atoms with Crippen LogP contribution in [0.15, 0.2) is 274 Å². The van der Waals surface area contributed by atoms with Gasteiger partial charge in [-0.25, -0.2) is 0 Å². The number of rotatable bonds is 13. The first-order chi connectivity index (χ1) is 34.1. The van der Waals surface area contributed by atoms with Crippen LogP contribution in [-0.2, 0) is 0 Å². The Morgan fingerprint density at radius 3 is 0.826 bits per heavy atom. The normalized spacial score (nSPS) is 13.3. The highest BCUT2D eigenvalue weighted by molar-refractivity contribution is 8.06. The highest BCUT2D eigenvalue weighted by atomic mass is 32.2. The minimum Gasteiger partial charge on any atom is -0.396 e. The Morgan fingerprint density at radius 2 is 0.522 bits per heavy atom. The van der Waals surface area contributed by atoms with E-state index in [2.05, 4.69) is 200 Å².